The number of para-hydroxylation sites is 1. The third-order valence-electron chi connectivity index (χ3n) is 5.24. The molecule has 2 aromatic heterocycles. The van der Waals surface area contributed by atoms with Crippen LogP contribution in [0.5, 0.6) is 0 Å². The summed E-state index contributed by atoms with van der Waals surface area (Å²) < 4.78 is 1.76. The number of thioether (sulfide) groups is 1. The lowest BCUT2D eigenvalue weighted by Crippen LogP contribution is -2.26. The summed E-state index contributed by atoms with van der Waals surface area (Å²) in [5.41, 5.74) is 2.19. The molecule has 7 heteroatoms. The molecular formula is C23H20N4O2S. The van der Waals surface area contributed by atoms with Crippen molar-refractivity contribution in [2.24, 2.45) is 0 Å². The Kier molecular flexibility index (Phi) is 4.75. The first-order chi connectivity index (χ1) is 14.6. The zero-order chi connectivity index (χ0) is 20.7. The molecule has 2 aromatic carbocycles. The van der Waals surface area contributed by atoms with Gasteiger partial charge in [0, 0.05) is 17.6 Å². The molecular weight excluding hydrogens is 396 g/mol. The van der Waals surface area contributed by atoms with Gasteiger partial charge in [-0.1, -0.05) is 30.0 Å². The Morgan fingerprint density at radius 2 is 1.83 bits per heavy atom. The largest absolute Gasteiger partial charge is 0.324 e. The van der Waals surface area contributed by atoms with E-state index in [0.717, 1.165) is 29.4 Å². The molecule has 5 rings (SSSR count). The molecule has 0 bridgehead atoms. The summed E-state index contributed by atoms with van der Waals surface area (Å²) in [6.45, 7) is 1.84. The number of hydrogen-bond acceptors (Lipinski definition) is 5. The third kappa shape index (κ3) is 3.45. The molecule has 1 aliphatic carbocycles. The normalized spacial score (nSPS) is 14.7. The SMILES string of the molecule is CC(Sc1nc2ccccc2c(=O)n1C1CC1)C(=O)Nc1cccc2ncccc12. The Morgan fingerprint density at radius 3 is 2.67 bits per heavy atom. The van der Waals surface area contributed by atoms with E-state index in [0.29, 0.717) is 16.1 Å². The number of hydrogen-bond donors (Lipinski definition) is 1. The van der Waals surface area contributed by atoms with E-state index in [1.807, 2.05) is 61.5 Å². The highest BCUT2D eigenvalue weighted by atomic mass is 32.2. The van der Waals surface area contributed by atoms with Gasteiger partial charge in [-0.05, 0) is 56.2 Å². The van der Waals surface area contributed by atoms with Crippen molar-refractivity contribution in [1.29, 1.82) is 0 Å². The molecule has 1 atom stereocenters. The van der Waals surface area contributed by atoms with E-state index in [-0.39, 0.29) is 17.5 Å². The summed E-state index contributed by atoms with van der Waals surface area (Å²) in [6, 6.07) is 17.0. The van der Waals surface area contributed by atoms with Gasteiger partial charge in [0.15, 0.2) is 5.16 Å². The molecule has 1 amide bonds. The number of rotatable bonds is 5. The van der Waals surface area contributed by atoms with Crippen LogP contribution in [0.4, 0.5) is 5.69 Å². The average Bonchev–Trinajstić information content (AvgIpc) is 3.59. The van der Waals surface area contributed by atoms with Crippen LogP contribution in [-0.2, 0) is 4.79 Å². The highest BCUT2D eigenvalue weighted by Gasteiger charge is 2.30. The molecule has 150 valence electrons. The summed E-state index contributed by atoms with van der Waals surface area (Å²) in [5.74, 6) is -0.138. The molecule has 0 aliphatic heterocycles. The smallest absolute Gasteiger partial charge is 0.262 e. The van der Waals surface area contributed by atoms with Crippen molar-refractivity contribution in [3.8, 4) is 0 Å². The molecule has 6 nitrogen and oxygen atoms in total. The fourth-order valence-electron chi connectivity index (χ4n) is 3.52. The van der Waals surface area contributed by atoms with Gasteiger partial charge in [0.25, 0.3) is 5.56 Å². The number of nitrogens with zero attached hydrogens (tertiary/aromatic N) is 3. The molecule has 1 unspecified atom stereocenters. The number of fused-ring (bicyclic) bond motifs is 2. The molecule has 1 fully saturated rings. The van der Waals surface area contributed by atoms with Crippen LogP contribution in [0.25, 0.3) is 21.8 Å². The maximum absolute atomic E-state index is 13.0. The second-order valence-electron chi connectivity index (χ2n) is 7.44. The first kappa shape index (κ1) is 18.8. The van der Waals surface area contributed by atoms with Crippen LogP contribution < -0.4 is 10.9 Å². The Bertz CT molecular complexity index is 1320. The van der Waals surface area contributed by atoms with Gasteiger partial charge in [-0.2, -0.15) is 0 Å². The van der Waals surface area contributed by atoms with Crippen LogP contribution >= 0.6 is 11.8 Å². The first-order valence-corrected chi connectivity index (χ1v) is 10.8. The lowest BCUT2D eigenvalue weighted by atomic mass is 10.2. The predicted octanol–water partition coefficient (Wildman–Crippen LogP) is 4.40. The van der Waals surface area contributed by atoms with Crippen molar-refractivity contribution in [3.05, 3.63) is 71.1 Å². The van der Waals surface area contributed by atoms with Crippen molar-refractivity contribution in [2.45, 2.75) is 36.2 Å². The molecule has 30 heavy (non-hydrogen) atoms. The van der Waals surface area contributed by atoms with Gasteiger partial charge < -0.3 is 5.32 Å². The highest BCUT2D eigenvalue weighted by Crippen LogP contribution is 2.37. The summed E-state index contributed by atoms with van der Waals surface area (Å²) in [7, 11) is 0. The standard InChI is InChI=1S/C23H20N4O2S/c1-14(21(28)25-19-10-4-9-18-16(19)7-5-13-24-18)30-23-26-20-8-3-2-6-17(20)22(29)27(23)15-11-12-15/h2-10,13-15H,11-12H2,1H3,(H,25,28). The molecule has 0 spiro atoms. The minimum Gasteiger partial charge on any atom is -0.324 e. The Hall–Kier alpha value is -3.19. The fraction of sp³-hybridized carbons (Fsp3) is 0.217. The van der Waals surface area contributed by atoms with Crippen molar-refractivity contribution in [3.63, 3.8) is 0 Å². The zero-order valence-electron chi connectivity index (χ0n) is 16.4. The fourth-order valence-corrected chi connectivity index (χ4v) is 4.50. The molecule has 2 heterocycles. The third-order valence-corrected chi connectivity index (χ3v) is 6.31. The van der Waals surface area contributed by atoms with Gasteiger partial charge in [-0.25, -0.2) is 4.98 Å². The van der Waals surface area contributed by atoms with E-state index in [1.54, 1.807) is 10.8 Å². The van der Waals surface area contributed by atoms with Gasteiger partial charge in [-0.3, -0.25) is 19.1 Å². The lowest BCUT2D eigenvalue weighted by molar-refractivity contribution is -0.115. The van der Waals surface area contributed by atoms with Gasteiger partial charge >= 0.3 is 0 Å². The number of carbonyl (C=O) groups excluding carboxylic acids is 1. The van der Waals surface area contributed by atoms with Crippen molar-refractivity contribution in [1.82, 2.24) is 14.5 Å². The van der Waals surface area contributed by atoms with Gasteiger partial charge in [0.2, 0.25) is 5.91 Å². The number of anilines is 1. The Labute approximate surface area is 177 Å². The van der Waals surface area contributed by atoms with E-state index in [4.69, 9.17) is 4.98 Å². The summed E-state index contributed by atoms with van der Waals surface area (Å²) in [6.07, 6.45) is 3.67. The van der Waals surface area contributed by atoms with Gasteiger partial charge in [-0.15, -0.1) is 0 Å². The Morgan fingerprint density at radius 1 is 1.07 bits per heavy atom. The molecule has 4 aromatic rings. The maximum atomic E-state index is 13.0. The first-order valence-electron chi connectivity index (χ1n) is 9.94. The van der Waals surface area contributed by atoms with Crippen molar-refractivity contribution < 1.29 is 4.79 Å². The molecule has 0 saturated heterocycles. The summed E-state index contributed by atoms with van der Waals surface area (Å²) in [5, 5.41) is 4.70. The van der Waals surface area contributed by atoms with E-state index in [1.165, 1.54) is 11.8 Å². The summed E-state index contributed by atoms with van der Waals surface area (Å²) >= 11 is 1.32. The van der Waals surface area contributed by atoms with E-state index in [2.05, 4.69) is 10.3 Å². The molecule has 1 N–H and O–H groups in total. The number of carbonyl (C=O) groups is 1. The molecule has 1 saturated carbocycles. The minimum atomic E-state index is -0.421. The van der Waals surface area contributed by atoms with Crippen LogP contribution in [-0.4, -0.2) is 25.7 Å². The van der Waals surface area contributed by atoms with Crippen LogP contribution in [0.15, 0.2) is 70.7 Å². The maximum Gasteiger partial charge on any atom is 0.262 e. The van der Waals surface area contributed by atoms with Crippen molar-refractivity contribution >= 4 is 45.2 Å². The van der Waals surface area contributed by atoms with E-state index < -0.39 is 5.25 Å². The van der Waals surface area contributed by atoms with Crippen LogP contribution in [0.1, 0.15) is 25.8 Å². The topological polar surface area (TPSA) is 76.9 Å². The average molecular weight is 417 g/mol. The second kappa shape index (κ2) is 7.57. The number of amides is 1. The Balaban J connectivity index is 1.44. The number of aromatic nitrogens is 3. The van der Waals surface area contributed by atoms with Crippen LogP contribution in [0, 0.1) is 0 Å². The monoisotopic (exact) mass is 416 g/mol. The molecule has 0 radical (unpaired) electrons. The summed E-state index contributed by atoms with van der Waals surface area (Å²) in [4.78, 5) is 35.0. The van der Waals surface area contributed by atoms with Crippen molar-refractivity contribution in [2.75, 3.05) is 5.32 Å². The number of pyridine rings is 1. The van der Waals surface area contributed by atoms with Gasteiger partial charge in [0.1, 0.15) is 0 Å². The van der Waals surface area contributed by atoms with E-state index >= 15 is 0 Å². The predicted molar refractivity (Wildman–Crippen MR) is 120 cm³/mol. The highest BCUT2D eigenvalue weighted by molar-refractivity contribution is 8.00. The zero-order valence-corrected chi connectivity index (χ0v) is 17.2. The number of benzene rings is 2. The number of nitrogens with one attached hydrogen (secondary N) is 1. The second-order valence-corrected chi connectivity index (χ2v) is 8.75. The lowest BCUT2D eigenvalue weighted by Gasteiger charge is -2.16. The van der Waals surface area contributed by atoms with Gasteiger partial charge in [0.05, 0.1) is 27.4 Å². The van der Waals surface area contributed by atoms with Crippen LogP contribution in [0.3, 0.4) is 0 Å². The van der Waals surface area contributed by atoms with E-state index in [9.17, 15) is 9.59 Å². The quantitative estimate of drug-likeness (QED) is 0.385. The minimum absolute atomic E-state index is 0.0293. The molecule has 1 aliphatic rings. The van der Waals surface area contributed by atoms with Crippen LogP contribution in [0.2, 0.25) is 0 Å².